The lowest BCUT2D eigenvalue weighted by molar-refractivity contribution is -0.143. The smallest absolute Gasteiger partial charge is 0.306 e. The van der Waals surface area contributed by atoms with Crippen LogP contribution in [-0.2, 0) is 10.2 Å². The summed E-state index contributed by atoms with van der Waals surface area (Å²) in [6.45, 7) is 6.84. The van der Waals surface area contributed by atoms with Crippen LogP contribution in [0, 0.1) is 11.8 Å². The van der Waals surface area contributed by atoms with Crippen LogP contribution in [0.25, 0.3) is 0 Å². The fourth-order valence-corrected chi connectivity index (χ4v) is 4.95. The maximum absolute atomic E-state index is 11.6. The number of aliphatic hydroxyl groups excluding tert-OH is 1. The van der Waals surface area contributed by atoms with Crippen LogP contribution in [0.4, 0.5) is 0 Å². The van der Waals surface area contributed by atoms with E-state index in [2.05, 4.69) is 26.8 Å². The number of hydrogen-bond donors (Lipinski definition) is 3. The van der Waals surface area contributed by atoms with E-state index in [0.717, 1.165) is 36.8 Å². The van der Waals surface area contributed by atoms with Crippen molar-refractivity contribution in [1.29, 1.82) is 0 Å². The minimum absolute atomic E-state index is 0.0101. The summed E-state index contributed by atoms with van der Waals surface area (Å²) in [7, 11) is 0. The summed E-state index contributed by atoms with van der Waals surface area (Å²) in [5, 5.41) is 29.6. The predicted molar refractivity (Wildman–Crippen MR) is 117 cm³/mol. The quantitative estimate of drug-likeness (QED) is 0.395. The number of benzene rings is 1. The van der Waals surface area contributed by atoms with Crippen molar-refractivity contribution in [3.8, 4) is 5.75 Å². The highest BCUT2D eigenvalue weighted by atomic mass is 16.4. The molecule has 2 rings (SSSR count). The Labute approximate surface area is 176 Å². The van der Waals surface area contributed by atoms with Gasteiger partial charge in [-0.1, -0.05) is 58.6 Å². The highest BCUT2D eigenvalue weighted by molar-refractivity contribution is 5.70. The number of carboxylic acid groups (broad SMARTS) is 1. The second-order valence-electron chi connectivity index (χ2n) is 9.55. The number of hydrogen-bond acceptors (Lipinski definition) is 3. The molecule has 1 fully saturated rings. The summed E-state index contributed by atoms with van der Waals surface area (Å²) < 4.78 is 0. The first kappa shape index (κ1) is 23.7. The van der Waals surface area contributed by atoms with E-state index < -0.39 is 5.97 Å². The van der Waals surface area contributed by atoms with Gasteiger partial charge in [0.25, 0.3) is 0 Å². The molecule has 4 nitrogen and oxygen atoms in total. The van der Waals surface area contributed by atoms with E-state index in [4.69, 9.17) is 0 Å². The van der Waals surface area contributed by atoms with Gasteiger partial charge in [0.15, 0.2) is 0 Å². The second kappa shape index (κ2) is 11.0. The SMILES string of the molecule is CCCCCCC(C)(C)c1ccc([C@@H]2C[C@H](C(=O)O)CC[C@H]2CCCO)c(O)c1. The Morgan fingerprint density at radius 3 is 2.52 bits per heavy atom. The first-order valence-electron chi connectivity index (χ1n) is 11.5. The van der Waals surface area contributed by atoms with Crippen LogP contribution in [0.2, 0.25) is 0 Å². The topological polar surface area (TPSA) is 77.8 Å². The maximum Gasteiger partial charge on any atom is 0.306 e. The average molecular weight is 405 g/mol. The standard InChI is InChI=1S/C25H40O4/c1-4-5-6-7-14-25(2,3)20-12-13-21(23(27)17-20)22-16-19(24(28)29)11-10-18(22)9-8-15-26/h12-13,17-19,22,26-27H,4-11,14-16H2,1-3H3,(H,28,29)/t18-,19-,22-/m1/s1. The molecule has 1 aromatic carbocycles. The number of aromatic hydroxyl groups is 1. The molecule has 0 radical (unpaired) electrons. The molecule has 0 spiro atoms. The third-order valence-electron chi connectivity index (χ3n) is 6.94. The third-order valence-corrected chi connectivity index (χ3v) is 6.94. The molecule has 0 saturated heterocycles. The van der Waals surface area contributed by atoms with Crippen molar-refractivity contribution >= 4 is 5.97 Å². The lowest BCUT2D eigenvalue weighted by atomic mass is 9.69. The molecule has 0 bridgehead atoms. The van der Waals surface area contributed by atoms with Crippen LogP contribution in [0.15, 0.2) is 18.2 Å². The normalized spacial score (nSPS) is 22.6. The van der Waals surface area contributed by atoms with Crippen molar-refractivity contribution in [3.63, 3.8) is 0 Å². The number of aliphatic carboxylic acids is 1. The van der Waals surface area contributed by atoms with Gasteiger partial charge in [-0.2, -0.15) is 0 Å². The molecule has 29 heavy (non-hydrogen) atoms. The summed E-state index contributed by atoms with van der Waals surface area (Å²) in [5.41, 5.74) is 2.04. The van der Waals surface area contributed by atoms with Crippen molar-refractivity contribution in [2.45, 2.75) is 96.3 Å². The van der Waals surface area contributed by atoms with Gasteiger partial charge in [-0.05, 0) is 73.0 Å². The minimum Gasteiger partial charge on any atom is -0.508 e. The molecule has 0 unspecified atom stereocenters. The van der Waals surface area contributed by atoms with Crippen molar-refractivity contribution in [2.24, 2.45) is 11.8 Å². The summed E-state index contributed by atoms with van der Waals surface area (Å²) in [4.78, 5) is 11.6. The molecule has 1 aliphatic carbocycles. The zero-order chi connectivity index (χ0) is 21.4. The van der Waals surface area contributed by atoms with Crippen molar-refractivity contribution in [1.82, 2.24) is 0 Å². The molecular formula is C25H40O4. The zero-order valence-electron chi connectivity index (χ0n) is 18.5. The highest BCUT2D eigenvalue weighted by Crippen LogP contribution is 2.46. The van der Waals surface area contributed by atoms with Crippen LogP contribution in [0.1, 0.15) is 102 Å². The molecule has 164 valence electrons. The largest absolute Gasteiger partial charge is 0.508 e. The summed E-state index contributed by atoms with van der Waals surface area (Å²) in [6, 6.07) is 6.06. The summed E-state index contributed by atoms with van der Waals surface area (Å²) in [5.74, 6) is -0.428. The molecule has 4 heteroatoms. The molecule has 0 aromatic heterocycles. The van der Waals surface area contributed by atoms with Crippen molar-refractivity contribution < 1.29 is 20.1 Å². The number of aliphatic hydroxyl groups is 1. The van der Waals surface area contributed by atoms with E-state index >= 15 is 0 Å². The molecule has 3 N–H and O–H groups in total. The molecule has 1 aromatic rings. The van der Waals surface area contributed by atoms with Crippen LogP contribution in [0.5, 0.6) is 5.75 Å². The van der Waals surface area contributed by atoms with Gasteiger partial charge in [-0.15, -0.1) is 0 Å². The number of unbranched alkanes of at least 4 members (excludes halogenated alkanes) is 3. The van der Waals surface area contributed by atoms with Crippen molar-refractivity contribution in [2.75, 3.05) is 6.61 Å². The molecule has 0 heterocycles. The molecule has 1 saturated carbocycles. The van der Waals surface area contributed by atoms with E-state index in [0.29, 0.717) is 24.5 Å². The minimum atomic E-state index is -0.736. The van der Waals surface area contributed by atoms with E-state index in [1.54, 1.807) is 0 Å². The molecule has 1 aliphatic rings. The van der Waals surface area contributed by atoms with Crippen LogP contribution in [-0.4, -0.2) is 27.9 Å². The number of carboxylic acids is 1. The highest BCUT2D eigenvalue weighted by Gasteiger charge is 2.36. The van der Waals surface area contributed by atoms with Gasteiger partial charge in [0.1, 0.15) is 5.75 Å². The Kier molecular flexibility index (Phi) is 9.01. The van der Waals surface area contributed by atoms with Gasteiger partial charge in [0, 0.05) is 6.61 Å². The number of rotatable bonds is 11. The van der Waals surface area contributed by atoms with E-state index in [-0.39, 0.29) is 23.9 Å². The van der Waals surface area contributed by atoms with E-state index in [1.165, 1.54) is 25.7 Å². The first-order valence-corrected chi connectivity index (χ1v) is 11.5. The summed E-state index contributed by atoms with van der Waals surface area (Å²) in [6.07, 6.45) is 9.71. The predicted octanol–water partition coefficient (Wildman–Crippen LogP) is 6.00. The Balaban J connectivity index is 2.19. The Hall–Kier alpha value is -1.55. The monoisotopic (exact) mass is 404 g/mol. The molecule has 0 amide bonds. The Bertz CT molecular complexity index is 652. The van der Waals surface area contributed by atoms with E-state index in [9.17, 15) is 20.1 Å². The number of phenolic OH excluding ortho intramolecular Hbond substituents is 1. The molecular weight excluding hydrogens is 364 g/mol. The summed E-state index contributed by atoms with van der Waals surface area (Å²) >= 11 is 0. The number of phenols is 1. The van der Waals surface area contributed by atoms with Gasteiger partial charge in [-0.3, -0.25) is 4.79 Å². The van der Waals surface area contributed by atoms with E-state index in [1.807, 2.05) is 12.1 Å². The maximum atomic E-state index is 11.6. The molecule has 0 aliphatic heterocycles. The molecule has 3 atom stereocenters. The fourth-order valence-electron chi connectivity index (χ4n) is 4.95. The van der Waals surface area contributed by atoms with Gasteiger partial charge in [0.05, 0.1) is 5.92 Å². The lowest BCUT2D eigenvalue weighted by Gasteiger charge is -2.36. The van der Waals surface area contributed by atoms with Gasteiger partial charge in [0.2, 0.25) is 0 Å². The van der Waals surface area contributed by atoms with Crippen LogP contribution in [0.3, 0.4) is 0 Å². The third kappa shape index (κ3) is 6.47. The van der Waals surface area contributed by atoms with Gasteiger partial charge < -0.3 is 15.3 Å². The average Bonchev–Trinajstić information content (AvgIpc) is 2.69. The fraction of sp³-hybridized carbons (Fsp3) is 0.720. The van der Waals surface area contributed by atoms with Crippen LogP contribution < -0.4 is 0 Å². The Morgan fingerprint density at radius 1 is 1.14 bits per heavy atom. The van der Waals surface area contributed by atoms with Gasteiger partial charge in [-0.25, -0.2) is 0 Å². The van der Waals surface area contributed by atoms with Crippen molar-refractivity contribution in [3.05, 3.63) is 29.3 Å². The zero-order valence-corrected chi connectivity index (χ0v) is 18.5. The Morgan fingerprint density at radius 2 is 1.90 bits per heavy atom. The van der Waals surface area contributed by atoms with Gasteiger partial charge >= 0.3 is 5.97 Å². The van der Waals surface area contributed by atoms with Crippen LogP contribution >= 0.6 is 0 Å². The lowest BCUT2D eigenvalue weighted by Crippen LogP contribution is -2.28. The first-order chi connectivity index (χ1) is 13.8. The second-order valence-corrected chi connectivity index (χ2v) is 9.55. The number of carbonyl (C=O) groups is 1.